The van der Waals surface area contributed by atoms with Gasteiger partial charge in [0.25, 0.3) is 0 Å². The van der Waals surface area contributed by atoms with Crippen molar-refractivity contribution in [3.63, 3.8) is 0 Å². The lowest BCUT2D eigenvalue weighted by molar-refractivity contribution is 0.0198. The van der Waals surface area contributed by atoms with E-state index in [-0.39, 0.29) is 12.0 Å². The molecule has 0 saturated carbocycles. The molecule has 1 fully saturated rings. The summed E-state index contributed by atoms with van der Waals surface area (Å²) in [6.07, 6.45) is 1.52. The van der Waals surface area contributed by atoms with Crippen molar-refractivity contribution < 1.29 is 14.3 Å². The average molecular weight is 304 g/mol. The fraction of sp³-hybridized carbons (Fsp3) is 0.529. The van der Waals surface area contributed by atoms with Crippen LogP contribution in [-0.4, -0.2) is 35.6 Å². The van der Waals surface area contributed by atoms with E-state index < -0.39 is 11.5 Å². The molecular weight excluding hydrogens is 280 g/mol. The van der Waals surface area contributed by atoms with E-state index >= 15 is 0 Å². The van der Waals surface area contributed by atoms with Gasteiger partial charge in [-0.05, 0) is 45.2 Å². The highest BCUT2D eigenvalue weighted by Gasteiger charge is 2.29. The molecule has 0 spiro atoms. The van der Waals surface area contributed by atoms with E-state index in [1.54, 1.807) is 17.0 Å². The van der Waals surface area contributed by atoms with Gasteiger partial charge in [0, 0.05) is 24.6 Å². The van der Waals surface area contributed by atoms with E-state index in [2.05, 4.69) is 0 Å². The molecule has 1 aliphatic rings. The lowest BCUT2D eigenvalue weighted by Gasteiger charge is -2.34. The number of hydrogen-bond acceptors (Lipinski definition) is 3. The van der Waals surface area contributed by atoms with Crippen LogP contribution in [0.5, 0.6) is 0 Å². The molecule has 22 heavy (non-hydrogen) atoms. The van der Waals surface area contributed by atoms with Crippen molar-refractivity contribution in [1.82, 2.24) is 4.90 Å². The molecule has 1 atom stereocenters. The van der Waals surface area contributed by atoms with Gasteiger partial charge < -0.3 is 15.4 Å². The minimum atomic E-state index is -0.505. The molecule has 1 saturated heterocycles. The third-order valence-corrected chi connectivity index (χ3v) is 3.74. The molecule has 1 aromatic rings. The molecular formula is C17H24N2O3. The number of primary amides is 1. The fourth-order valence-corrected chi connectivity index (χ4v) is 2.80. The second-order valence-corrected chi connectivity index (χ2v) is 6.72. The van der Waals surface area contributed by atoms with Crippen LogP contribution in [-0.2, 0) is 4.74 Å². The number of nitrogens with two attached hydrogens (primary N) is 1. The van der Waals surface area contributed by atoms with E-state index in [9.17, 15) is 9.59 Å². The Bertz CT molecular complexity index is 563. The standard InChI is InChI=1S/C17H24N2O3/c1-17(2,3)22-16(21)19-10-6-7-12(11-19)13-8-4-5-9-14(13)15(18)20/h4-5,8-9,12H,6-7,10-11H2,1-3H3,(H2,18,20). The van der Waals surface area contributed by atoms with Crippen LogP contribution in [0.3, 0.4) is 0 Å². The normalized spacial score (nSPS) is 18.9. The summed E-state index contributed by atoms with van der Waals surface area (Å²) in [5.74, 6) is -0.310. The second-order valence-electron chi connectivity index (χ2n) is 6.72. The molecule has 5 nitrogen and oxygen atoms in total. The molecule has 1 aromatic carbocycles. The largest absolute Gasteiger partial charge is 0.444 e. The number of likely N-dealkylation sites (tertiary alicyclic amines) is 1. The first kappa shape index (κ1) is 16.3. The highest BCUT2D eigenvalue weighted by Crippen LogP contribution is 2.30. The number of benzene rings is 1. The monoisotopic (exact) mass is 304 g/mol. The molecule has 120 valence electrons. The molecule has 2 amide bonds. The maximum atomic E-state index is 12.2. The van der Waals surface area contributed by atoms with Crippen molar-refractivity contribution in [2.24, 2.45) is 5.73 Å². The van der Waals surface area contributed by atoms with Crippen LogP contribution in [0.1, 0.15) is 55.5 Å². The fourth-order valence-electron chi connectivity index (χ4n) is 2.80. The van der Waals surface area contributed by atoms with E-state index in [0.29, 0.717) is 18.7 Å². The van der Waals surface area contributed by atoms with Gasteiger partial charge in [0.2, 0.25) is 5.91 Å². The second kappa shape index (κ2) is 6.38. The minimum Gasteiger partial charge on any atom is -0.444 e. The van der Waals surface area contributed by atoms with Crippen molar-refractivity contribution in [1.29, 1.82) is 0 Å². The number of piperidine rings is 1. The number of carbonyl (C=O) groups excluding carboxylic acids is 2. The summed E-state index contributed by atoms with van der Waals surface area (Å²) in [7, 11) is 0. The summed E-state index contributed by atoms with van der Waals surface area (Å²) in [5, 5.41) is 0. The van der Waals surface area contributed by atoms with Gasteiger partial charge >= 0.3 is 6.09 Å². The van der Waals surface area contributed by atoms with Gasteiger partial charge in [-0.1, -0.05) is 18.2 Å². The van der Waals surface area contributed by atoms with Crippen molar-refractivity contribution in [2.75, 3.05) is 13.1 Å². The quantitative estimate of drug-likeness (QED) is 0.913. The lowest BCUT2D eigenvalue weighted by atomic mass is 9.87. The molecule has 0 aliphatic carbocycles. The molecule has 2 N–H and O–H groups in total. The first-order valence-corrected chi connectivity index (χ1v) is 7.64. The number of hydrogen-bond donors (Lipinski definition) is 1. The lowest BCUT2D eigenvalue weighted by Crippen LogP contribution is -2.42. The number of amides is 2. The number of nitrogens with zero attached hydrogens (tertiary/aromatic N) is 1. The predicted molar refractivity (Wildman–Crippen MR) is 84.7 cm³/mol. The van der Waals surface area contributed by atoms with Gasteiger partial charge in [0.15, 0.2) is 0 Å². The summed E-state index contributed by atoms with van der Waals surface area (Å²) in [5.41, 5.74) is 6.41. The summed E-state index contributed by atoms with van der Waals surface area (Å²) in [6, 6.07) is 7.36. The Kier molecular flexibility index (Phi) is 4.74. The maximum Gasteiger partial charge on any atom is 0.410 e. The number of carbonyl (C=O) groups is 2. The molecule has 0 radical (unpaired) electrons. The van der Waals surface area contributed by atoms with E-state index in [1.165, 1.54) is 0 Å². The smallest absolute Gasteiger partial charge is 0.410 e. The summed E-state index contributed by atoms with van der Waals surface area (Å²) in [4.78, 5) is 25.5. The first-order valence-electron chi connectivity index (χ1n) is 7.64. The van der Waals surface area contributed by atoms with Gasteiger partial charge in [-0.3, -0.25) is 4.79 Å². The zero-order valence-electron chi connectivity index (χ0n) is 13.5. The van der Waals surface area contributed by atoms with Crippen molar-refractivity contribution in [3.05, 3.63) is 35.4 Å². The minimum absolute atomic E-state index is 0.116. The Morgan fingerprint density at radius 3 is 2.59 bits per heavy atom. The van der Waals surface area contributed by atoms with Crippen LogP contribution >= 0.6 is 0 Å². The van der Waals surface area contributed by atoms with E-state index in [4.69, 9.17) is 10.5 Å². The Balaban J connectivity index is 2.14. The van der Waals surface area contributed by atoms with Crippen molar-refractivity contribution in [3.8, 4) is 0 Å². The molecule has 5 heteroatoms. The molecule has 1 heterocycles. The highest BCUT2D eigenvalue weighted by molar-refractivity contribution is 5.94. The maximum absolute atomic E-state index is 12.2. The Morgan fingerprint density at radius 1 is 1.27 bits per heavy atom. The van der Waals surface area contributed by atoms with Crippen LogP contribution in [0.15, 0.2) is 24.3 Å². The third kappa shape index (κ3) is 4.00. The van der Waals surface area contributed by atoms with E-state index in [1.807, 2.05) is 32.9 Å². The van der Waals surface area contributed by atoms with Crippen LogP contribution in [0, 0.1) is 0 Å². The highest BCUT2D eigenvalue weighted by atomic mass is 16.6. The van der Waals surface area contributed by atoms with Gasteiger partial charge in [-0.15, -0.1) is 0 Å². The Labute approximate surface area is 131 Å². The third-order valence-electron chi connectivity index (χ3n) is 3.74. The van der Waals surface area contributed by atoms with E-state index in [0.717, 1.165) is 18.4 Å². The summed E-state index contributed by atoms with van der Waals surface area (Å²) < 4.78 is 5.43. The van der Waals surface area contributed by atoms with Crippen LogP contribution in [0.25, 0.3) is 0 Å². The topological polar surface area (TPSA) is 72.6 Å². The molecule has 1 aliphatic heterocycles. The molecule has 0 bridgehead atoms. The molecule has 2 rings (SSSR count). The van der Waals surface area contributed by atoms with Crippen molar-refractivity contribution >= 4 is 12.0 Å². The molecule has 1 unspecified atom stereocenters. The van der Waals surface area contributed by atoms with Gasteiger partial charge in [-0.2, -0.15) is 0 Å². The van der Waals surface area contributed by atoms with Crippen LogP contribution in [0.4, 0.5) is 4.79 Å². The Hall–Kier alpha value is -2.04. The molecule has 0 aromatic heterocycles. The number of ether oxygens (including phenoxy) is 1. The van der Waals surface area contributed by atoms with Gasteiger partial charge in [0.05, 0.1) is 0 Å². The van der Waals surface area contributed by atoms with Gasteiger partial charge in [0.1, 0.15) is 5.60 Å². The zero-order chi connectivity index (χ0) is 16.3. The average Bonchev–Trinajstić information content (AvgIpc) is 2.45. The zero-order valence-corrected chi connectivity index (χ0v) is 13.5. The predicted octanol–water partition coefficient (Wildman–Crippen LogP) is 2.90. The summed E-state index contributed by atoms with van der Waals surface area (Å²) >= 11 is 0. The number of rotatable bonds is 2. The van der Waals surface area contributed by atoms with Crippen LogP contribution < -0.4 is 5.73 Å². The van der Waals surface area contributed by atoms with Gasteiger partial charge in [-0.25, -0.2) is 4.79 Å². The SMILES string of the molecule is CC(C)(C)OC(=O)N1CCCC(c2ccccc2C(N)=O)C1. The summed E-state index contributed by atoms with van der Waals surface area (Å²) in [6.45, 7) is 6.81. The van der Waals surface area contributed by atoms with Crippen molar-refractivity contribution in [2.45, 2.75) is 45.1 Å². The Morgan fingerprint density at radius 2 is 1.95 bits per heavy atom. The van der Waals surface area contributed by atoms with Crippen LogP contribution in [0.2, 0.25) is 0 Å². The first-order chi connectivity index (χ1) is 10.3.